The van der Waals surface area contributed by atoms with Gasteiger partial charge in [0, 0.05) is 18.6 Å². The molecule has 0 unspecified atom stereocenters. The Bertz CT molecular complexity index is 364. The van der Waals surface area contributed by atoms with E-state index in [2.05, 4.69) is 15.9 Å². The molecule has 0 saturated heterocycles. The molecule has 0 heterocycles. The summed E-state index contributed by atoms with van der Waals surface area (Å²) in [5.74, 6) is 0.569. The number of carbonyl (C=O) groups excluding carboxylic acids is 1. The van der Waals surface area contributed by atoms with Gasteiger partial charge in [-0.15, -0.1) is 0 Å². The first kappa shape index (κ1) is 12.0. The molecule has 1 rings (SSSR count). The van der Waals surface area contributed by atoms with Crippen LogP contribution in [-0.2, 0) is 0 Å². The molecule has 1 amide bonds. The van der Waals surface area contributed by atoms with Gasteiger partial charge in [-0.3, -0.25) is 4.79 Å². The minimum absolute atomic E-state index is 0.0558. The Morgan fingerprint density at radius 3 is 2.67 bits per heavy atom. The fourth-order valence-electron chi connectivity index (χ4n) is 1.19. The van der Waals surface area contributed by atoms with Crippen molar-refractivity contribution in [1.82, 2.24) is 4.90 Å². The van der Waals surface area contributed by atoms with Gasteiger partial charge in [0.05, 0.1) is 12.2 Å². The molecule has 0 spiro atoms. The number of hydrogen-bond donors (Lipinski definition) is 0. The maximum absolute atomic E-state index is 11.8. The zero-order chi connectivity index (χ0) is 11.4. The first-order valence-corrected chi connectivity index (χ1v) is 5.49. The summed E-state index contributed by atoms with van der Waals surface area (Å²) in [6.45, 7) is 2.45. The molecule has 0 aromatic heterocycles. The Hall–Kier alpha value is -1.03. The van der Waals surface area contributed by atoms with Crippen molar-refractivity contribution < 1.29 is 9.53 Å². The number of halogens is 1. The highest BCUT2D eigenvalue weighted by atomic mass is 79.9. The molecule has 0 aliphatic heterocycles. The lowest BCUT2D eigenvalue weighted by molar-refractivity contribution is 0.0823. The summed E-state index contributed by atoms with van der Waals surface area (Å²) in [7, 11) is 3.44. The summed E-state index contributed by atoms with van der Waals surface area (Å²) < 4.78 is 6.27. The maximum atomic E-state index is 11.8. The smallest absolute Gasteiger partial charge is 0.257 e. The third-order valence-electron chi connectivity index (χ3n) is 1.88. The summed E-state index contributed by atoms with van der Waals surface area (Å²) in [4.78, 5) is 13.3. The Labute approximate surface area is 98.2 Å². The number of benzene rings is 1. The van der Waals surface area contributed by atoms with Gasteiger partial charge in [0.15, 0.2) is 0 Å². The Morgan fingerprint density at radius 2 is 2.13 bits per heavy atom. The minimum Gasteiger partial charge on any atom is -0.493 e. The van der Waals surface area contributed by atoms with E-state index in [4.69, 9.17) is 4.74 Å². The average molecular weight is 272 g/mol. The standard InChI is InChI=1S/C11H14BrNO2/c1-4-15-10-6-5-8(12)7-9(10)11(14)13(2)3/h5-7H,4H2,1-3H3. The molecule has 0 saturated carbocycles. The normalized spacial score (nSPS) is 9.87. The topological polar surface area (TPSA) is 29.5 Å². The van der Waals surface area contributed by atoms with E-state index < -0.39 is 0 Å². The molecule has 3 nitrogen and oxygen atoms in total. The molecule has 1 aromatic carbocycles. The third kappa shape index (κ3) is 2.96. The maximum Gasteiger partial charge on any atom is 0.257 e. The molecule has 0 radical (unpaired) electrons. The number of ether oxygens (including phenoxy) is 1. The summed E-state index contributed by atoms with van der Waals surface area (Å²) >= 11 is 3.34. The van der Waals surface area contributed by atoms with Crippen molar-refractivity contribution in [3.63, 3.8) is 0 Å². The lowest BCUT2D eigenvalue weighted by Gasteiger charge is -2.14. The molecule has 0 aliphatic rings. The highest BCUT2D eigenvalue weighted by Gasteiger charge is 2.14. The van der Waals surface area contributed by atoms with Crippen molar-refractivity contribution in [2.75, 3.05) is 20.7 Å². The molecule has 1 aromatic rings. The molecular weight excluding hydrogens is 258 g/mol. The van der Waals surface area contributed by atoms with E-state index >= 15 is 0 Å². The van der Waals surface area contributed by atoms with Crippen LogP contribution in [0.2, 0.25) is 0 Å². The van der Waals surface area contributed by atoms with Crippen LogP contribution in [0.1, 0.15) is 17.3 Å². The van der Waals surface area contributed by atoms with Crippen LogP contribution in [0.15, 0.2) is 22.7 Å². The zero-order valence-electron chi connectivity index (χ0n) is 9.08. The van der Waals surface area contributed by atoms with E-state index in [1.165, 1.54) is 4.90 Å². The first-order valence-electron chi connectivity index (χ1n) is 4.70. The highest BCUT2D eigenvalue weighted by Crippen LogP contribution is 2.24. The SMILES string of the molecule is CCOc1ccc(Br)cc1C(=O)N(C)C. The van der Waals surface area contributed by atoms with Gasteiger partial charge in [0.1, 0.15) is 5.75 Å². The molecule has 0 atom stereocenters. The monoisotopic (exact) mass is 271 g/mol. The van der Waals surface area contributed by atoms with Crippen LogP contribution in [0.3, 0.4) is 0 Å². The van der Waals surface area contributed by atoms with E-state index in [0.29, 0.717) is 17.9 Å². The van der Waals surface area contributed by atoms with Gasteiger partial charge in [-0.1, -0.05) is 15.9 Å². The molecule has 4 heteroatoms. The van der Waals surface area contributed by atoms with E-state index in [0.717, 1.165) is 4.47 Å². The van der Waals surface area contributed by atoms with Crippen molar-refractivity contribution in [3.8, 4) is 5.75 Å². The van der Waals surface area contributed by atoms with Crippen LogP contribution in [0.5, 0.6) is 5.75 Å². The van der Waals surface area contributed by atoms with Gasteiger partial charge in [-0.05, 0) is 25.1 Å². The largest absolute Gasteiger partial charge is 0.493 e. The molecule has 0 N–H and O–H groups in total. The number of hydrogen-bond acceptors (Lipinski definition) is 2. The van der Waals surface area contributed by atoms with Gasteiger partial charge in [-0.2, -0.15) is 0 Å². The van der Waals surface area contributed by atoms with Gasteiger partial charge in [0.2, 0.25) is 0 Å². The van der Waals surface area contributed by atoms with Crippen molar-refractivity contribution in [2.45, 2.75) is 6.92 Å². The van der Waals surface area contributed by atoms with Gasteiger partial charge >= 0.3 is 0 Å². The average Bonchev–Trinajstić information content (AvgIpc) is 2.20. The fraction of sp³-hybridized carbons (Fsp3) is 0.364. The van der Waals surface area contributed by atoms with Crippen molar-refractivity contribution in [3.05, 3.63) is 28.2 Å². The predicted octanol–water partition coefficient (Wildman–Crippen LogP) is 2.55. The molecular formula is C11H14BrNO2. The van der Waals surface area contributed by atoms with E-state index in [-0.39, 0.29) is 5.91 Å². The van der Waals surface area contributed by atoms with E-state index in [9.17, 15) is 4.79 Å². The van der Waals surface area contributed by atoms with Crippen LogP contribution >= 0.6 is 15.9 Å². The lowest BCUT2D eigenvalue weighted by atomic mass is 10.2. The van der Waals surface area contributed by atoms with E-state index in [1.54, 1.807) is 26.2 Å². The van der Waals surface area contributed by atoms with Crippen molar-refractivity contribution >= 4 is 21.8 Å². The highest BCUT2D eigenvalue weighted by molar-refractivity contribution is 9.10. The van der Waals surface area contributed by atoms with Crippen LogP contribution in [-0.4, -0.2) is 31.5 Å². The number of amides is 1. The number of nitrogens with zero attached hydrogens (tertiary/aromatic N) is 1. The first-order chi connectivity index (χ1) is 7.06. The van der Waals surface area contributed by atoms with E-state index in [1.807, 2.05) is 13.0 Å². The number of rotatable bonds is 3. The molecule has 0 fully saturated rings. The molecule has 82 valence electrons. The lowest BCUT2D eigenvalue weighted by Crippen LogP contribution is -2.22. The molecule has 15 heavy (non-hydrogen) atoms. The van der Waals surface area contributed by atoms with Gasteiger partial charge in [0.25, 0.3) is 5.91 Å². The van der Waals surface area contributed by atoms with Crippen LogP contribution < -0.4 is 4.74 Å². The zero-order valence-corrected chi connectivity index (χ0v) is 10.7. The second-order valence-corrected chi connectivity index (χ2v) is 4.19. The second-order valence-electron chi connectivity index (χ2n) is 3.27. The van der Waals surface area contributed by atoms with Crippen LogP contribution in [0.25, 0.3) is 0 Å². The summed E-state index contributed by atoms with van der Waals surface area (Å²) in [5.41, 5.74) is 0.580. The van der Waals surface area contributed by atoms with Crippen LogP contribution in [0.4, 0.5) is 0 Å². The molecule has 0 aliphatic carbocycles. The summed E-state index contributed by atoms with van der Waals surface area (Å²) in [6, 6.07) is 5.43. The Morgan fingerprint density at radius 1 is 1.47 bits per heavy atom. The quantitative estimate of drug-likeness (QED) is 0.846. The molecule has 0 bridgehead atoms. The van der Waals surface area contributed by atoms with Gasteiger partial charge < -0.3 is 9.64 Å². The second kappa shape index (κ2) is 5.16. The van der Waals surface area contributed by atoms with Crippen molar-refractivity contribution in [2.24, 2.45) is 0 Å². The predicted molar refractivity (Wildman–Crippen MR) is 63.3 cm³/mol. The summed E-state index contributed by atoms with van der Waals surface area (Å²) in [5, 5.41) is 0. The Balaban J connectivity index is 3.12. The summed E-state index contributed by atoms with van der Waals surface area (Å²) in [6.07, 6.45) is 0. The van der Waals surface area contributed by atoms with Crippen molar-refractivity contribution in [1.29, 1.82) is 0 Å². The number of carbonyl (C=O) groups is 1. The van der Waals surface area contributed by atoms with Crippen LogP contribution in [0, 0.1) is 0 Å². The Kier molecular flexibility index (Phi) is 4.15. The third-order valence-corrected chi connectivity index (χ3v) is 2.37. The fourth-order valence-corrected chi connectivity index (χ4v) is 1.55. The van der Waals surface area contributed by atoms with Gasteiger partial charge in [-0.25, -0.2) is 0 Å². The minimum atomic E-state index is -0.0558.